The summed E-state index contributed by atoms with van der Waals surface area (Å²) in [5.74, 6) is -41.7. The molecule has 238 valence electrons. The molecule has 1 unspecified atom stereocenters. The summed E-state index contributed by atoms with van der Waals surface area (Å²) in [4.78, 5) is 0. The summed E-state index contributed by atoms with van der Waals surface area (Å²) in [5, 5.41) is 0. The molecule has 0 heterocycles. The number of halogens is 15. The van der Waals surface area contributed by atoms with Crippen molar-refractivity contribution in [1.29, 1.82) is 0 Å². The zero-order valence-corrected chi connectivity index (χ0v) is 21.5. The van der Waals surface area contributed by atoms with Gasteiger partial charge in [-0.2, -0.15) is 13.2 Å². The monoisotopic (exact) mass is 670 g/mol. The van der Waals surface area contributed by atoms with Crippen molar-refractivity contribution in [3.05, 3.63) is 122 Å². The molecule has 4 aromatic rings. The van der Waals surface area contributed by atoms with Crippen LogP contribution in [0.2, 0.25) is 0 Å². The molecule has 2 aliphatic carbocycles. The maximum absolute atomic E-state index is 15.7. The van der Waals surface area contributed by atoms with Gasteiger partial charge in [-0.15, -0.1) is 0 Å². The van der Waals surface area contributed by atoms with Crippen LogP contribution in [0.3, 0.4) is 0 Å². The minimum atomic E-state index is -5.30. The van der Waals surface area contributed by atoms with Gasteiger partial charge in [-0.1, -0.05) is 6.07 Å². The van der Waals surface area contributed by atoms with Crippen LogP contribution in [0.1, 0.15) is 28.1 Å². The van der Waals surface area contributed by atoms with Crippen molar-refractivity contribution in [2.24, 2.45) is 0 Å². The van der Waals surface area contributed by atoms with Crippen LogP contribution < -0.4 is 9.31 Å². The van der Waals surface area contributed by atoms with Crippen molar-refractivity contribution < 1.29 is 75.2 Å². The molecule has 0 N–H and O–H groups in total. The van der Waals surface area contributed by atoms with Crippen LogP contribution in [0.15, 0.2) is 36.2 Å². The molecule has 0 radical (unpaired) electrons. The third kappa shape index (κ3) is 4.17. The van der Waals surface area contributed by atoms with Crippen molar-refractivity contribution in [2.45, 2.75) is 11.7 Å². The minimum absolute atomic E-state index is 0.131. The molecule has 4 aromatic carbocycles. The largest absolute Gasteiger partial charge is 0.610 e. The van der Waals surface area contributed by atoms with E-state index in [9.17, 15) is 48.3 Å². The number of hydrogen-bond acceptors (Lipinski definition) is 2. The van der Waals surface area contributed by atoms with Crippen molar-refractivity contribution in [3.8, 4) is 22.6 Å². The second kappa shape index (κ2) is 10.4. The Labute approximate surface area is 245 Å². The maximum Gasteiger partial charge on any atom is 0.610 e. The first-order valence-electron chi connectivity index (χ1n) is 12.3. The van der Waals surface area contributed by atoms with Crippen LogP contribution in [0.5, 0.6) is 11.5 Å². The summed E-state index contributed by atoms with van der Waals surface area (Å²) in [6.07, 6.45) is 0. The van der Waals surface area contributed by atoms with Gasteiger partial charge >= 0.3 is 13.0 Å². The molecule has 0 saturated carbocycles. The van der Waals surface area contributed by atoms with Crippen LogP contribution in [-0.4, -0.2) is 7.12 Å². The lowest BCUT2D eigenvalue weighted by Gasteiger charge is -2.25. The summed E-state index contributed by atoms with van der Waals surface area (Å²) in [6.45, 7) is 0. The van der Waals surface area contributed by atoms with Gasteiger partial charge in [0.05, 0.1) is 16.7 Å². The lowest BCUT2D eigenvalue weighted by molar-refractivity contribution is 0.0404. The highest BCUT2D eigenvalue weighted by molar-refractivity contribution is 6.50. The Balaban J connectivity index is 1.62. The first-order chi connectivity index (χ1) is 21.5. The molecule has 1 atom stereocenters. The van der Waals surface area contributed by atoms with E-state index < -0.39 is 139 Å². The van der Waals surface area contributed by atoms with Gasteiger partial charge in [0.25, 0.3) is 0 Å². The smallest absolute Gasteiger partial charge is 0.523 e. The normalized spacial score (nSPS) is 16.0. The summed E-state index contributed by atoms with van der Waals surface area (Å²) >= 11 is 0. The lowest BCUT2D eigenvalue weighted by atomic mass is 9.68. The van der Waals surface area contributed by atoms with Crippen molar-refractivity contribution >= 4 is 12.9 Å². The van der Waals surface area contributed by atoms with Gasteiger partial charge in [0.15, 0.2) is 63.9 Å². The van der Waals surface area contributed by atoms with Crippen LogP contribution in [-0.2, 0) is 5.92 Å². The average molecular weight is 670 g/mol. The van der Waals surface area contributed by atoms with E-state index in [2.05, 4.69) is 0 Å². The SMILES string of the molecule is FC1=C(F)C(B(Oc2ccc(F)cc2F)Oc2c(F)c(F)c(F)c3c2C(F)(F)c2c(F)c(F)c(F)c(F)c2-3)c2ccc(F)c(F)c21. The van der Waals surface area contributed by atoms with Crippen molar-refractivity contribution in [1.82, 2.24) is 0 Å². The molecule has 0 amide bonds. The Morgan fingerprint density at radius 1 is 0.543 bits per heavy atom. The number of benzene rings is 4. The average Bonchev–Trinajstić information content (AvgIpc) is 3.40. The Morgan fingerprint density at radius 2 is 1.13 bits per heavy atom. The van der Waals surface area contributed by atoms with E-state index in [4.69, 9.17) is 9.31 Å². The Morgan fingerprint density at radius 3 is 1.76 bits per heavy atom. The molecule has 6 rings (SSSR count). The van der Waals surface area contributed by atoms with Gasteiger partial charge in [0.1, 0.15) is 23.2 Å². The molecule has 0 saturated heterocycles. The lowest BCUT2D eigenvalue weighted by Crippen LogP contribution is -2.38. The molecule has 2 aliphatic rings. The van der Waals surface area contributed by atoms with Gasteiger partial charge in [-0.3, -0.25) is 0 Å². The Bertz CT molecular complexity index is 2050. The minimum Gasteiger partial charge on any atom is -0.523 e. The molecule has 0 fully saturated rings. The van der Waals surface area contributed by atoms with Crippen LogP contribution in [0.4, 0.5) is 65.9 Å². The van der Waals surface area contributed by atoms with E-state index >= 15 is 17.6 Å². The number of allylic oxidation sites excluding steroid dienone is 1. The third-order valence-corrected chi connectivity index (χ3v) is 7.23. The number of hydrogen-bond donors (Lipinski definition) is 0. The summed E-state index contributed by atoms with van der Waals surface area (Å²) < 4.78 is 230. The molecular formula is C28H6BF15O2. The van der Waals surface area contributed by atoms with Crippen LogP contribution >= 0.6 is 0 Å². The Hall–Kier alpha value is -4.77. The number of fused-ring (bicyclic) bond motifs is 4. The topological polar surface area (TPSA) is 18.5 Å². The van der Waals surface area contributed by atoms with E-state index in [1.54, 1.807) is 0 Å². The number of rotatable bonds is 5. The van der Waals surface area contributed by atoms with E-state index in [1.165, 1.54) is 0 Å². The number of alkyl halides is 2. The molecular weight excluding hydrogens is 664 g/mol. The highest BCUT2D eigenvalue weighted by Crippen LogP contribution is 2.59. The van der Waals surface area contributed by atoms with Crippen molar-refractivity contribution in [3.63, 3.8) is 0 Å². The molecule has 0 spiro atoms. The van der Waals surface area contributed by atoms with E-state index in [0.717, 1.165) is 0 Å². The second-order valence-electron chi connectivity index (χ2n) is 9.75. The molecule has 18 heteroatoms. The standard InChI is InChI=1S/C28H6BF15O2/c30-6-1-4-10(9(32)5-6)45-29(16-7-2-3-8(31)17(33)11(7)18(34)22(16)38)46-27-15-13(20(36)24(40)26(27)42)12-14(28(15,43)44)21(37)25(41)23(39)19(12)35/h1-5,16H. The fourth-order valence-electron chi connectivity index (χ4n) is 5.25. The van der Waals surface area contributed by atoms with E-state index in [1.807, 2.05) is 0 Å². The molecule has 0 aliphatic heterocycles. The molecule has 2 nitrogen and oxygen atoms in total. The predicted molar refractivity (Wildman–Crippen MR) is 126 cm³/mol. The van der Waals surface area contributed by atoms with Crippen LogP contribution in [0, 0.1) is 64.0 Å². The summed E-state index contributed by atoms with van der Waals surface area (Å²) in [6, 6.07) is 1.88. The third-order valence-electron chi connectivity index (χ3n) is 7.23. The first kappa shape index (κ1) is 31.2. The van der Waals surface area contributed by atoms with Gasteiger partial charge < -0.3 is 9.31 Å². The maximum atomic E-state index is 15.7. The molecule has 46 heavy (non-hydrogen) atoms. The van der Waals surface area contributed by atoms with E-state index in [-0.39, 0.29) is 6.07 Å². The Kier molecular flexibility index (Phi) is 7.05. The highest BCUT2D eigenvalue weighted by Gasteiger charge is 2.57. The second-order valence-corrected chi connectivity index (χ2v) is 9.75. The fourth-order valence-corrected chi connectivity index (χ4v) is 5.25. The highest BCUT2D eigenvalue weighted by atomic mass is 19.3. The first-order valence-corrected chi connectivity index (χ1v) is 12.3. The quantitative estimate of drug-likeness (QED) is 0.0913. The van der Waals surface area contributed by atoms with Crippen LogP contribution in [0.25, 0.3) is 17.0 Å². The van der Waals surface area contributed by atoms with Gasteiger partial charge in [0.2, 0.25) is 5.82 Å². The summed E-state index contributed by atoms with van der Waals surface area (Å²) in [5.41, 5.74) is -11.4. The zero-order chi connectivity index (χ0) is 33.7. The van der Waals surface area contributed by atoms with Crippen molar-refractivity contribution in [2.75, 3.05) is 0 Å². The molecule has 0 bridgehead atoms. The predicted octanol–water partition coefficient (Wildman–Crippen LogP) is 9.23. The fraction of sp³-hybridized carbons (Fsp3) is 0.0714. The zero-order valence-electron chi connectivity index (χ0n) is 21.5. The summed E-state index contributed by atoms with van der Waals surface area (Å²) in [7, 11) is -3.01. The van der Waals surface area contributed by atoms with E-state index in [0.29, 0.717) is 24.3 Å². The van der Waals surface area contributed by atoms with Gasteiger partial charge in [-0.25, -0.2) is 52.7 Å². The van der Waals surface area contributed by atoms with Gasteiger partial charge in [0, 0.05) is 17.2 Å². The van der Waals surface area contributed by atoms with Gasteiger partial charge in [-0.05, 0) is 23.8 Å². The molecule has 0 aromatic heterocycles.